The molecule has 2 heterocycles. The van der Waals surface area contributed by atoms with E-state index in [1.807, 2.05) is 25.1 Å². The number of rotatable bonds is 4. The summed E-state index contributed by atoms with van der Waals surface area (Å²) < 4.78 is 32.6. The normalized spacial score (nSPS) is 10.7. The fourth-order valence-electron chi connectivity index (χ4n) is 2.83. The molecule has 0 spiro atoms. The van der Waals surface area contributed by atoms with E-state index in [0.717, 1.165) is 33.0 Å². The Morgan fingerprint density at radius 2 is 1.79 bits per heavy atom. The third kappa shape index (κ3) is 4.02. The summed E-state index contributed by atoms with van der Waals surface area (Å²) in [5.74, 6) is -0.975. The molecule has 0 saturated carbocycles. The number of hydrogen-bond donors (Lipinski definition) is 2. The lowest BCUT2D eigenvalue weighted by Crippen LogP contribution is -2.20. The molecule has 0 aliphatic heterocycles. The van der Waals surface area contributed by atoms with Gasteiger partial charge < -0.3 is 15.1 Å². The van der Waals surface area contributed by atoms with Gasteiger partial charge in [0.15, 0.2) is 12.2 Å². The number of hydrogen-bond acceptors (Lipinski definition) is 4. The molecule has 0 saturated heterocycles. The fraction of sp³-hybridized carbons (Fsp3) is 0.0476. The molecule has 0 aliphatic carbocycles. The lowest BCUT2D eigenvalue weighted by atomic mass is 10.1. The summed E-state index contributed by atoms with van der Waals surface area (Å²) in [7, 11) is 0. The Balaban J connectivity index is 1.48. The lowest BCUT2D eigenvalue weighted by molar-refractivity contribution is 0.262. The fourth-order valence-corrected chi connectivity index (χ4v) is 3.96. The molecule has 0 fully saturated rings. The number of anilines is 2. The predicted octanol–water partition coefficient (Wildman–Crippen LogP) is 6.30. The van der Waals surface area contributed by atoms with Crippen LogP contribution in [-0.2, 0) is 0 Å². The van der Waals surface area contributed by atoms with Crippen LogP contribution in [-0.4, -0.2) is 11.0 Å². The van der Waals surface area contributed by atoms with Crippen molar-refractivity contribution in [1.82, 2.24) is 4.98 Å². The van der Waals surface area contributed by atoms with Crippen LogP contribution >= 0.6 is 11.3 Å². The number of benzene rings is 2. The van der Waals surface area contributed by atoms with Gasteiger partial charge in [0, 0.05) is 10.6 Å². The second kappa shape index (κ2) is 7.84. The molecule has 2 aromatic carbocycles. The highest BCUT2D eigenvalue weighted by molar-refractivity contribution is 7.19. The number of para-hydroxylation sites is 1. The molecule has 4 rings (SSSR count). The summed E-state index contributed by atoms with van der Waals surface area (Å²) in [5, 5.41) is 4.75. The van der Waals surface area contributed by atoms with E-state index in [-0.39, 0.29) is 0 Å². The third-order valence-electron chi connectivity index (χ3n) is 4.20. The molecule has 29 heavy (non-hydrogen) atoms. The quantitative estimate of drug-likeness (QED) is 0.414. The Bertz CT molecular complexity index is 1140. The molecular weight excluding hydrogens is 396 g/mol. The van der Waals surface area contributed by atoms with Crippen LogP contribution in [0.1, 0.15) is 5.56 Å². The second-order valence-corrected chi connectivity index (χ2v) is 7.29. The second-order valence-electron chi connectivity index (χ2n) is 6.24. The van der Waals surface area contributed by atoms with Gasteiger partial charge in [0.2, 0.25) is 0 Å². The van der Waals surface area contributed by atoms with Crippen LogP contribution < -0.4 is 10.6 Å². The van der Waals surface area contributed by atoms with Crippen LogP contribution in [0.5, 0.6) is 0 Å². The molecule has 0 atom stereocenters. The average molecular weight is 411 g/mol. The first-order chi connectivity index (χ1) is 14.0. The van der Waals surface area contributed by atoms with E-state index in [1.54, 1.807) is 29.7 Å². The Labute approximate surface area is 169 Å². The summed E-state index contributed by atoms with van der Waals surface area (Å²) >= 11 is 1.58. The van der Waals surface area contributed by atoms with Crippen molar-refractivity contribution in [2.45, 2.75) is 6.92 Å². The zero-order valence-corrected chi connectivity index (χ0v) is 16.0. The van der Waals surface area contributed by atoms with Crippen LogP contribution in [0.3, 0.4) is 0 Å². The number of aromatic nitrogens is 1. The van der Waals surface area contributed by atoms with Gasteiger partial charge in [0.05, 0.1) is 11.1 Å². The highest BCUT2D eigenvalue weighted by atomic mass is 32.1. The summed E-state index contributed by atoms with van der Waals surface area (Å²) in [6, 6.07) is 11.8. The Hall–Kier alpha value is -3.52. The number of nitrogens with one attached hydrogen (secondary N) is 2. The number of thiophene rings is 1. The largest absolute Gasteiger partial charge is 0.443 e. The van der Waals surface area contributed by atoms with Gasteiger partial charge in [-0.1, -0.05) is 18.2 Å². The van der Waals surface area contributed by atoms with Gasteiger partial charge in [0.25, 0.3) is 0 Å². The molecule has 146 valence electrons. The van der Waals surface area contributed by atoms with Crippen LogP contribution in [0, 0.1) is 18.6 Å². The van der Waals surface area contributed by atoms with Crippen molar-refractivity contribution >= 4 is 28.7 Å². The van der Waals surface area contributed by atoms with Gasteiger partial charge in [0.1, 0.15) is 17.3 Å². The van der Waals surface area contributed by atoms with E-state index in [0.29, 0.717) is 11.4 Å². The summed E-state index contributed by atoms with van der Waals surface area (Å²) in [6.45, 7) is 2.01. The summed E-state index contributed by atoms with van der Waals surface area (Å²) in [5.41, 5.74) is 2.07. The average Bonchev–Trinajstić information content (AvgIpc) is 3.35. The first-order valence-electron chi connectivity index (χ1n) is 8.63. The van der Waals surface area contributed by atoms with Gasteiger partial charge in [-0.2, -0.15) is 0 Å². The number of aryl methyl sites for hydroxylation is 1. The first-order valence-corrected chi connectivity index (χ1v) is 9.44. The zero-order chi connectivity index (χ0) is 20.4. The predicted molar refractivity (Wildman–Crippen MR) is 109 cm³/mol. The van der Waals surface area contributed by atoms with E-state index in [2.05, 4.69) is 15.6 Å². The molecule has 2 aromatic heterocycles. The van der Waals surface area contributed by atoms with Crippen molar-refractivity contribution < 1.29 is 18.0 Å². The molecular formula is C21H15F2N3O2S. The van der Waals surface area contributed by atoms with Gasteiger partial charge in [-0.05, 0) is 48.4 Å². The number of nitrogens with zero attached hydrogens (tertiary/aromatic N) is 1. The molecule has 5 nitrogen and oxygen atoms in total. The molecule has 8 heteroatoms. The van der Waals surface area contributed by atoms with Crippen molar-refractivity contribution in [3.8, 4) is 21.1 Å². The van der Waals surface area contributed by atoms with Gasteiger partial charge in [-0.25, -0.2) is 18.6 Å². The van der Waals surface area contributed by atoms with Gasteiger partial charge >= 0.3 is 6.03 Å². The summed E-state index contributed by atoms with van der Waals surface area (Å²) in [4.78, 5) is 18.0. The molecule has 0 radical (unpaired) electrons. The molecule has 0 aliphatic rings. The molecule has 2 N–H and O–H groups in total. The van der Waals surface area contributed by atoms with Crippen molar-refractivity contribution in [2.24, 2.45) is 0 Å². The maximum absolute atomic E-state index is 13.6. The maximum atomic E-state index is 13.6. The van der Waals surface area contributed by atoms with E-state index in [4.69, 9.17) is 4.42 Å². The van der Waals surface area contributed by atoms with Crippen molar-refractivity contribution in [2.75, 3.05) is 10.6 Å². The number of oxazole rings is 1. The maximum Gasteiger partial charge on any atom is 0.323 e. The Morgan fingerprint density at radius 3 is 2.45 bits per heavy atom. The minimum absolute atomic E-state index is 0.490. The number of carbonyl (C=O) groups excluding carboxylic acids is 1. The van der Waals surface area contributed by atoms with E-state index >= 15 is 0 Å². The molecule has 2 amide bonds. The van der Waals surface area contributed by atoms with Crippen molar-refractivity contribution in [1.29, 1.82) is 0 Å². The van der Waals surface area contributed by atoms with Crippen LogP contribution in [0.2, 0.25) is 0 Å². The van der Waals surface area contributed by atoms with E-state index < -0.39 is 23.4 Å². The topological polar surface area (TPSA) is 67.2 Å². The van der Waals surface area contributed by atoms with Gasteiger partial charge in [-0.15, -0.1) is 11.3 Å². The first kappa shape index (κ1) is 18.8. The van der Waals surface area contributed by atoms with Gasteiger partial charge in [-0.3, -0.25) is 0 Å². The lowest BCUT2D eigenvalue weighted by Gasteiger charge is -2.10. The number of carbonyl (C=O) groups is 1. The van der Waals surface area contributed by atoms with Crippen LogP contribution in [0.15, 0.2) is 65.5 Å². The highest BCUT2D eigenvalue weighted by Gasteiger charge is 2.13. The summed E-state index contributed by atoms with van der Waals surface area (Å²) in [6.07, 6.45) is 3.06. The van der Waals surface area contributed by atoms with Crippen LogP contribution in [0.25, 0.3) is 21.1 Å². The van der Waals surface area contributed by atoms with Crippen LogP contribution in [0.4, 0.5) is 25.0 Å². The van der Waals surface area contributed by atoms with E-state index in [9.17, 15) is 13.6 Å². The number of amides is 2. The molecule has 0 unspecified atom stereocenters. The SMILES string of the molecule is Cc1cc(-c2cnco2)sc1-c1ccc(NC(=O)Nc2c(F)cccc2F)cc1. The smallest absolute Gasteiger partial charge is 0.323 e. The Kier molecular flexibility index (Phi) is 5.09. The minimum Gasteiger partial charge on any atom is -0.443 e. The molecule has 0 bridgehead atoms. The number of halogens is 2. The highest BCUT2D eigenvalue weighted by Crippen LogP contribution is 2.38. The number of urea groups is 1. The minimum atomic E-state index is -0.841. The standard InChI is InChI=1S/C21H15F2N3O2S/c1-12-9-18(17-10-24-11-28-17)29-20(12)13-5-7-14(8-6-13)25-21(27)26-19-15(22)3-2-4-16(19)23/h2-11H,1H3,(H2,25,26,27). The third-order valence-corrected chi connectivity index (χ3v) is 5.50. The Morgan fingerprint density at radius 1 is 1.07 bits per heavy atom. The molecule has 4 aromatic rings. The van der Waals surface area contributed by atoms with Crippen molar-refractivity contribution in [3.63, 3.8) is 0 Å². The van der Waals surface area contributed by atoms with E-state index in [1.165, 1.54) is 12.5 Å². The monoisotopic (exact) mass is 411 g/mol. The zero-order valence-electron chi connectivity index (χ0n) is 15.2. The van der Waals surface area contributed by atoms with Crippen molar-refractivity contribution in [3.05, 3.63) is 78.3 Å².